The number of rotatable bonds is 8. The Hall–Kier alpha value is -0.130. The topological polar surface area (TPSA) is 69.4 Å². The van der Waals surface area contributed by atoms with Crippen molar-refractivity contribution in [2.75, 3.05) is 19.0 Å². The van der Waals surface area contributed by atoms with Crippen LogP contribution in [-0.4, -0.2) is 27.4 Å². The molecular formula is C8H19NO3S. The predicted molar refractivity (Wildman–Crippen MR) is 52.9 cm³/mol. The molecule has 0 amide bonds. The summed E-state index contributed by atoms with van der Waals surface area (Å²) < 4.78 is 26.3. The maximum Gasteiger partial charge on any atom is 0.209 e. The molecule has 0 unspecified atom stereocenters. The average molecular weight is 209 g/mol. The normalized spacial score (nSPS) is 11.8. The minimum absolute atomic E-state index is 0.0597. The molecule has 80 valence electrons. The highest BCUT2D eigenvalue weighted by atomic mass is 32.2. The lowest BCUT2D eigenvalue weighted by atomic mass is 10.3. The van der Waals surface area contributed by atoms with E-state index in [2.05, 4.69) is 6.92 Å². The van der Waals surface area contributed by atoms with Gasteiger partial charge < -0.3 is 4.74 Å². The van der Waals surface area contributed by atoms with Crippen molar-refractivity contribution in [3.8, 4) is 0 Å². The molecule has 4 nitrogen and oxygen atoms in total. The molecule has 0 aliphatic rings. The molecule has 0 atom stereocenters. The van der Waals surface area contributed by atoms with Gasteiger partial charge in [0.1, 0.15) is 0 Å². The maximum absolute atomic E-state index is 10.5. The van der Waals surface area contributed by atoms with Crippen molar-refractivity contribution in [1.82, 2.24) is 0 Å². The molecule has 0 rings (SSSR count). The lowest BCUT2D eigenvalue weighted by Gasteiger charge is -2.02. The molecule has 0 radical (unpaired) electrons. The fraction of sp³-hybridized carbons (Fsp3) is 1.00. The van der Waals surface area contributed by atoms with Gasteiger partial charge in [-0.25, -0.2) is 13.6 Å². The van der Waals surface area contributed by atoms with E-state index in [1.807, 2.05) is 0 Å². The SMILES string of the molecule is CCCCOCCCCS(N)(=O)=O. The Morgan fingerprint density at radius 1 is 1.15 bits per heavy atom. The number of ether oxygens (including phenoxy) is 1. The van der Waals surface area contributed by atoms with Gasteiger partial charge in [0.2, 0.25) is 10.0 Å². The summed E-state index contributed by atoms with van der Waals surface area (Å²) in [6, 6.07) is 0. The van der Waals surface area contributed by atoms with Gasteiger partial charge in [-0.2, -0.15) is 0 Å². The van der Waals surface area contributed by atoms with Crippen molar-refractivity contribution in [3.05, 3.63) is 0 Å². The Morgan fingerprint density at radius 3 is 2.31 bits per heavy atom. The summed E-state index contributed by atoms with van der Waals surface area (Å²) >= 11 is 0. The van der Waals surface area contributed by atoms with E-state index >= 15 is 0 Å². The third-order valence-corrected chi connectivity index (χ3v) is 2.47. The number of nitrogens with two attached hydrogens (primary N) is 1. The second kappa shape index (κ2) is 7.29. The molecule has 0 aliphatic carbocycles. The van der Waals surface area contributed by atoms with Crippen LogP contribution < -0.4 is 5.14 Å². The fourth-order valence-electron chi connectivity index (χ4n) is 0.856. The monoisotopic (exact) mass is 209 g/mol. The predicted octanol–water partition coefficient (Wildman–Crippen LogP) is 0.872. The highest BCUT2D eigenvalue weighted by molar-refractivity contribution is 7.89. The fourth-order valence-corrected chi connectivity index (χ4v) is 1.46. The Bertz CT molecular complexity index is 201. The molecule has 0 aromatic rings. The molecule has 2 N–H and O–H groups in total. The summed E-state index contributed by atoms with van der Waals surface area (Å²) in [5, 5.41) is 4.83. The summed E-state index contributed by atoms with van der Waals surface area (Å²) in [6.45, 7) is 3.51. The van der Waals surface area contributed by atoms with Gasteiger partial charge in [-0.3, -0.25) is 0 Å². The van der Waals surface area contributed by atoms with Gasteiger partial charge in [0.05, 0.1) is 5.75 Å². The van der Waals surface area contributed by atoms with E-state index in [4.69, 9.17) is 9.88 Å². The second-order valence-electron chi connectivity index (χ2n) is 3.04. The van der Waals surface area contributed by atoms with E-state index in [1.54, 1.807) is 0 Å². The van der Waals surface area contributed by atoms with Crippen LogP contribution in [0.5, 0.6) is 0 Å². The van der Waals surface area contributed by atoms with Crippen LogP contribution in [-0.2, 0) is 14.8 Å². The highest BCUT2D eigenvalue weighted by Crippen LogP contribution is 1.94. The summed E-state index contributed by atoms with van der Waals surface area (Å²) in [7, 11) is -3.28. The summed E-state index contributed by atoms with van der Waals surface area (Å²) in [6.07, 6.45) is 3.54. The Balaban J connectivity index is 3.09. The summed E-state index contributed by atoms with van der Waals surface area (Å²) in [4.78, 5) is 0. The number of unbranched alkanes of at least 4 members (excludes halogenated alkanes) is 2. The van der Waals surface area contributed by atoms with Gasteiger partial charge in [-0.15, -0.1) is 0 Å². The van der Waals surface area contributed by atoms with Crippen molar-refractivity contribution in [1.29, 1.82) is 0 Å². The lowest BCUT2D eigenvalue weighted by molar-refractivity contribution is 0.128. The second-order valence-corrected chi connectivity index (χ2v) is 4.77. The molecule has 0 spiro atoms. The smallest absolute Gasteiger partial charge is 0.209 e. The van der Waals surface area contributed by atoms with Crippen LogP contribution in [0.3, 0.4) is 0 Å². The van der Waals surface area contributed by atoms with E-state index in [0.29, 0.717) is 13.0 Å². The first-order chi connectivity index (χ1) is 6.06. The van der Waals surface area contributed by atoms with Crippen molar-refractivity contribution in [3.63, 3.8) is 0 Å². The molecule has 5 heteroatoms. The molecule has 0 bridgehead atoms. The first-order valence-corrected chi connectivity index (χ1v) is 6.36. The molecule has 0 saturated heterocycles. The Kier molecular flexibility index (Phi) is 7.22. The van der Waals surface area contributed by atoms with Crippen LogP contribution in [0, 0.1) is 0 Å². The van der Waals surface area contributed by atoms with Crippen LogP contribution in [0.1, 0.15) is 32.6 Å². The molecular weight excluding hydrogens is 190 g/mol. The first-order valence-electron chi connectivity index (χ1n) is 4.64. The molecule has 0 aromatic carbocycles. The van der Waals surface area contributed by atoms with E-state index in [-0.39, 0.29) is 5.75 Å². The Labute approximate surface area is 80.5 Å². The molecule has 0 aromatic heterocycles. The van der Waals surface area contributed by atoms with E-state index in [9.17, 15) is 8.42 Å². The van der Waals surface area contributed by atoms with Crippen LogP contribution in [0.15, 0.2) is 0 Å². The zero-order valence-electron chi connectivity index (χ0n) is 8.16. The number of hydrogen-bond acceptors (Lipinski definition) is 3. The third-order valence-electron chi connectivity index (χ3n) is 1.61. The van der Waals surface area contributed by atoms with E-state index in [1.165, 1.54) is 0 Å². The Morgan fingerprint density at radius 2 is 1.77 bits per heavy atom. The summed E-state index contributed by atoms with van der Waals surface area (Å²) in [5.74, 6) is 0.0597. The van der Waals surface area contributed by atoms with Gasteiger partial charge in [0, 0.05) is 13.2 Å². The van der Waals surface area contributed by atoms with Gasteiger partial charge in [-0.1, -0.05) is 13.3 Å². The molecule has 13 heavy (non-hydrogen) atoms. The minimum atomic E-state index is -3.28. The van der Waals surface area contributed by atoms with E-state index in [0.717, 1.165) is 25.9 Å². The molecule has 0 aliphatic heterocycles. The maximum atomic E-state index is 10.5. The van der Waals surface area contributed by atoms with Gasteiger partial charge in [-0.05, 0) is 19.3 Å². The van der Waals surface area contributed by atoms with Gasteiger partial charge in [0.25, 0.3) is 0 Å². The zero-order valence-corrected chi connectivity index (χ0v) is 8.98. The number of sulfonamides is 1. The van der Waals surface area contributed by atoms with Crippen LogP contribution in [0.2, 0.25) is 0 Å². The molecule has 0 heterocycles. The first kappa shape index (κ1) is 12.9. The van der Waals surface area contributed by atoms with Gasteiger partial charge in [0.15, 0.2) is 0 Å². The summed E-state index contributed by atoms with van der Waals surface area (Å²) in [5.41, 5.74) is 0. The average Bonchev–Trinajstić information content (AvgIpc) is 2.01. The number of primary sulfonamides is 1. The zero-order chi connectivity index (χ0) is 10.2. The van der Waals surface area contributed by atoms with Crippen molar-refractivity contribution in [2.24, 2.45) is 5.14 Å². The van der Waals surface area contributed by atoms with Crippen LogP contribution in [0.4, 0.5) is 0 Å². The third kappa shape index (κ3) is 11.9. The lowest BCUT2D eigenvalue weighted by Crippen LogP contribution is -2.16. The minimum Gasteiger partial charge on any atom is -0.381 e. The van der Waals surface area contributed by atoms with Crippen LogP contribution in [0.25, 0.3) is 0 Å². The standard InChI is InChI=1S/C8H19NO3S/c1-2-3-6-12-7-4-5-8-13(9,10)11/h2-8H2,1H3,(H2,9,10,11). The highest BCUT2D eigenvalue weighted by Gasteiger charge is 2.00. The van der Waals surface area contributed by atoms with Crippen LogP contribution >= 0.6 is 0 Å². The van der Waals surface area contributed by atoms with Gasteiger partial charge >= 0.3 is 0 Å². The van der Waals surface area contributed by atoms with Crippen molar-refractivity contribution in [2.45, 2.75) is 32.6 Å². The molecule has 0 fully saturated rings. The van der Waals surface area contributed by atoms with E-state index < -0.39 is 10.0 Å². The quantitative estimate of drug-likeness (QED) is 0.603. The van der Waals surface area contributed by atoms with Crippen molar-refractivity contribution < 1.29 is 13.2 Å². The number of hydrogen-bond donors (Lipinski definition) is 1. The molecule has 0 saturated carbocycles. The largest absolute Gasteiger partial charge is 0.381 e. The van der Waals surface area contributed by atoms with Crippen molar-refractivity contribution >= 4 is 10.0 Å².